The molecule has 0 aromatic carbocycles. The van der Waals surface area contributed by atoms with E-state index in [2.05, 4.69) is 152 Å². The van der Waals surface area contributed by atoms with E-state index in [1.165, 1.54) is 72.0 Å². The van der Waals surface area contributed by atoms with E-state index in [1.54, 1.807) is 0 Å². The average Bonchev–Trinajstić information content (AvgIpc) is 2.93. The molecule has 44 heavy (non-hydrogen) atoms. The number of hydrogen-bond donors (Lipinski definition) is 1. The average molecular weight is 593 g/mol. The molecule has 0 spiro atoms. The molecule has 0 saturated carbocycles. The highest BCUT2D eigenvalue weighted by atomic mass is 16.3. The minimum atomic E-state index is 0.109. The molecule has 2 heteroatoms. The molecule has 0 bridgehead atoms. The van der Waals surface area contributed by atoms with Crippen molar-refractivity contribution in [3.05, 3.63) is 123 Å². The maximum Gasteiger partial charge on any atom is 0.206 e. The molecule has 0 saturated heterocycles. The van der Waals surface area contributed by atoms with Crippen molar-refractivity contribution in [1.82, 2.24) is 0 Å². The van der Waals surface area contributed by atoms with Crippen LogP contribution < -0.4 is 4.57 Å². The molecular formula is C42H58NO+. The summed E-state index contributed by atoms with van der Waals surface area (Å²) in [5, 5.41) is 9.64. The van der Waals surface area contributed by atoms with Crippen molar-refractivity contribution in [2.24, 2.45) is 10.8 Å². The molecule has 0 aliphatic heterocycles. The highest BCUT2D eigenvalue weighted by Gasteiger charge is 2.27. The normalized spacial score (nSPS) is 20.4. The standard InChI is InChI=1S/C42H58NO/c1-32(20-22-39-35(4)17-12-25-41(39,6)7)14-10-16-34(3)30-38-31-37(24-27-43(38)28-29-44)19-11-15-33(2)21-23-40-36(5)18-13-26-42(40,8)9/h10-11,14-16,19-24,27,30-31,44H,12-13,17-18,25-26,28-29H2,1-9H3/q+1/b16-10+,19-11+,22-20+,23-21+,32-14+,33-15-,34-30+. The molecule has 2 aliphatic carbocycles. The highest BCUT2D eigenvalue weighted by Crippen LogP contribution is 2.41. The van der Waals surface area contributed by atoms with Crippen LogP contribution in [0.4, 0.5) is 0 Å². The minimum Gasteiger partial charge on any atom is -0.390 e. The van der Waals surface area contributed by atoms with Crippen LogP contribution in [0.1, 0.15) is 112 Å². The fourth-order valence-corrected chi connectivity index (χ4v) is 6.61. The summed E-state index contributed by atoms with van der Waals surface area (Å²) in [6, 6.07) is 4.29. The minimum absolute atomic E-state index is 0.109. The Kier molecular flexibility index (Phi) is 13.0. The van der Waals surface area contributed by atoms with E-state index >= 15 is 0 Å². The monoisotopic (exact) mass is 592 g/mol. The Hall–Kier alpha value is -3.23. The van der Waals surface area contributed by atoms with Crippen molar-refractivity contribution < 1.29 is 9.67 Å². The number of hydrogen-bond acceptors (Lipinski definition) is 1. The Morgan fingerprint density at radius 3 is 1.84 bits per heavy atom. The first-order valence-electron chi connectivity index (χ1n) is 16.6. The molecule has 1 heterocycles. The van der Waals surface area contributed by atoms with Crippen molar-refractivity contribution >= 4 is 12.2 Å². The molecule has 1 aromatic heterocycles. The molecule has 236 valence electrons. The first-order valence-corrected chi connectivity index (χ1v) is 16.6. The van der Waals surface area contributed by atoms with Gasteiger partial charge in [-0.2, -0.15) is 4.57 Å². The molecule has 0 fully saturated rings. The number of nitrogens with zero attached hydrogens (tertiary/aromatic N) is 1. The van der Waals surface area contributed by atoms with Crippen molar-refractivity contribution in [1.29, 1.82) is 0 Å². The Labute approximate surface area is 269 Å². The summed E-state index contributed by atoms with van der Waals surface area (Å²) in [5.41, 5.74) is 12.4. The van der Waals surface area contributed by atoms with Crippen molar-refractivity contribution in [2.75, 3.05) is 6.61 Å². The van der Waals surface area contributed by atoms with E-state index in [4.69, 9.17) is 0 Å². The van der Waals surface area contributed by atoms with Gasteiger partial charge in [0.25, 0.3) is 0 Å². The Morgan fingerprint density at radius 1 is 0.773 bits per heavy atom. The second-order valence-corrected chi connectivity index (χ2v) is 14.3. The van der Waals surface area contributed by atoms with Gasteiger partial charge >= 0.3 is 0 Å². The quantitative estimate of drug-likeness (QED) is 0.201. The van der Waals surface area contributed by atoms with Crippen LogP contribution in [0.25, 0.3) is 12.2 Å². The SMILES string of the molecule is CC1=C(/C=C/C(C)=C\C=C\c2cc[n+](CCO)c(/C=C(C)/C=C/C=C(C)/C=C/C3=C(C)CCCC3(C)C)c2)C(C)(C)CCC1. The first-order chi connectivity index (χ1) is 20.8. The maximum absolute atomic E-state index is 9.64. The highest BCUT2D eigenvalue weighted by molar-refractivity contribution is 5.57. The van der Waals surface area contributed by atoms with Crippen LogP contribution in [-0.4, -0.2) is 11.7 Å². The van der Waals surface area contributed by atoms with Gasteiger partial charge in [-0.15, -0.1) is 0 Å². The molecule has 0 amide bonds. The fraction of sp³-hybridized carbons (Fsp3) is 0.452. The van der Waals surface area contributed by atoms with Gasteiger partial charge in [0.2, 0.25) is 5.69 Å². The van der Waals surface area contributed by atoms with Crippen LogP contribution in [-0.2, 0) is 6.54 Å². The van der Waals surface area contributed by atoms with E-state index in [0.717, 1.165) is 16.8 Å². The van der Waals surface area contributed by atoms with Gasteiger partial charge in [-0.25, -0.2) is 0 Å². The number of aliphatic hydroxyl groups excluding tert-OH is 1. The van der Waals surface area contributed by atoms with E-state index in [-0.39, 0.29) is 17.4 Å². The van der Waals surface area contributed by atoms with Gasteiger partial charge in [0, 0.05) is 18.2 Å². The molecule has 1 N–H and O–H groups in total. The summed E-state index contributed by atoms with van der Waals surface area (Å²) in [5.74, 6) is 0. The number of pyridine rings is 1. The number of aromatic nitrogens is 1. The molecule has 2 aliphatic rings. The van der Waals surface area contributed by atoms with Gasteiger partial charge in [0.1, 0.15) is 6.61 Å². The summed E-state index contributed by atoms with van der Waals surface area (Å²) < 4.78 is 2.10. The van der Waals surface area contributed by atoms with Crippen LogP contribution >= 0.6 is 0 Å². The topological polar surface area (TPSA) is 24.1 Å². The summed E-state index contributed by atoms with van der Waals surface area (Å²) in [7, 11) is 0. The van der Waals surface area contributed by atoms with Gasteiger partial charge in [-0.1, -0.05) is 111 Å². The zero-order chi connectivity index (χ0) is 32.3. The second-order valence-electron chi connectivity index (χ2n) is 14.3. The van der Waals surface area contributed by atoms with Gasteiger partial charge in [-0.05, 0) is 106 Å². The number of rotatable bonds is 11. The molecule has 1 aromatic rings. The number of allylic oxidation sites excluding steroid dienone is 16. The third-order valence-corrected chi connectivity index (χ3v) is 9.29. The van der Waals surface area contributed by atoms with Gasteiger partial charge in [0.15, 0.2) is 12.7 Å². The van der Waals surface area contributed by atoms with Gasteiger partial charge in [-0.3, -0.25) is 0 Å². The lowest BCUT2D eigenvalue weighted by atomic mass is 9.72. The lowest BCUT2D eigenvalue weighted by Gasteiger charge is -2.33. The largest absolute Gasteiger partial charge is 0.390 e. The zero-order valence-corrected chi connectivity index (χ0v) is 29.1. The fourth-order valence-electron chi connectivity index (χ4n) is 6.61. The summed E-state index contributed by atoms with van der Waals surface area (Å²) in [6.07, 6.45) is 33.9. The van der Waals surface area contributed by atoms with E-state index in [1.807, 2.05) is 0 Å². The summed E-state index contributed by atoms with van der Waals surface area (Å²) >= 11 is 0. The van der Waals surface area contributed by atoms with Crippen molar-refractivity contribution in [3.63, 3.8) is 0 Å². The van der Waals surface area contributed by atoms with Gasteiger partial charge in [0.05, 0.1) is 0 Å². The third-order valence-electron chi connectivity index (χ3n) is 9.29. The van der Waals surface area contributed by atoms with Crippen LogP contribution in [0.3, 0.4) is 0 Å². The third kappa shape index (κ3) is 10.4. The smallest absolute Gasteiger partial charge is 0.206 e. The molecule has 0 radical (unpaired) electrons. The van der Waals surface area contributed by atoms with Gasteiger partial charge < -0.3 is 5.11 Å². The van der Waals surface area contributed by atoms with Crippen molar-refractivity contribution in [2.45, 2.75) is 107 Å². The van der Waals surface area contributed by atoms with E-state index < -0.39 is 0 Å². The lowest BCUT2D eigenvalue weighted by molar-refractivity contribution is -0.699. The predicted molar refractivity (Wildman–Crippen MR) is 192 cm³/mol. The molecule has 3 rings (SSSR count). The van der Waals surface area contributed by atoms with Crippen LogP contribution in [0.15, 0.2) is 112 Å². The van der Waals surface area contributed by atoms with E-state index in [9.17, 15) is 5.11 Å². The second kappa shape index (κ2) is 16.2. The van der Waals surface area contributed by atoms with Crippen LogP contribution in [0.5, 0.6) is 0 Å². The molecule has 0 unspecified atom stereocenters. The predicted octanol–water partition coefficient (Wildman–Crippen LogP) is 11.0. The zero-order valence-electron chi connectivity index (χ0n) is 29.1. The Balaban J connectivity index is 1.72. The van der Waals surface area contributed by atoms with Crippen molar-refractivity contribution in [3.8, 4) is 0 Å². The first kappa shape index (κ1) is 35.3. The molecular weight excluding hydrogens is 534 g/mol. The summed E-state index contributed by atoms with van der Waals surface area (Å²) in [6.45, 7) is 21.2. The van der Waals surface area contributed by atoms with E-state index in [0.29, 0.717) is 6.54 Å². The Bertz CT molecular complexity index is 1440. The summed E-state index contributed by atoms with van der Waals surface area (Å²) in [4.78, 5) is 0. The Morgan fingerprint density at radius 2 is 1.32 bits per heavy atom. The maximum atomic E-state index is 9.64. The molecule has 2 nitrogen and oxygen atoms in total. The number of aliphatic hydroxyl groups is 1. The lowest BCUT2D eigenvalue weighted by Crippen LogP contribution is -2.38. The molecule has 0 atom stereocenters. The van der Waals surface area contributed by atoms with Crippen LogP contribution in [0, 0.1) is 10.8 Å². The van der Waals surface area contributed by atoms with Crippen LogP contribution in [0.2, 0.25) is 0 Å².